The summed E-state index contributed by atoms with van der Waals surface area (Å²) < 4.78 is 0. The largest absolute Gasteiger partial charge is 0.507 e. The molecule has 0 aromatic heterocycles. The van der Waals surface area contributed by atoms with Gasteiger partial charge in [0.15, 0.2) is 0 Å². The summed E-state index contributed by atoms with van der Waals surface area (Å²) in [7, 11) is 0. The summed E-state index contributed by atoms with van der Waals surface area (Å²) in [6, 6.07) is 13.6. The number of hydrogen-bond acceptors (Lipinski definition) is 4. The Bertz CT molecular complexity index is 572. The molecule has 0 aliphatic rings. The Morgan fingerprint density at radius 3 is 2.50 bits per heavy atom. The number of nitrogens with zero attached hydrogens (tertiary/aromatic N) is 1. The van der Waals surface area contributed by atoms with Crippen molar-refractivity contribution < 1.29 is 10.0 Å². The molecule has 0 atom stereocenters. The Kier molecular flexibility index (Phi) is 3.84. The highest BCUT2D eigenvalue weighted by Gasteiger charge is 2.12. The van der Waals surface area contributed by atoms with Crippen molar-refractivity contribution in [3.05, 3.63) is 64.2 Å². The van der Waals surface area contributed by atoms with Crippen LogP contribution in [0.15, 0.2) is 53.4 Å². The van der Waals surface area contributed by atoms with E-state index in [0.717, 1.165) is 4.90 Å². The lowest BCUT2D eigenvalue weighted by Gasteiger charge is -2.04. The fourth-order valence-electron chi connectivity index (χ4n) is 1.55. The third-order valence-corrected chi connectivity index (χ3v) is 3.55. The molecule has 18 heavy (non-hydrogen) atoms. The van der Waals surface area contributed by atoms with Crippen LogP contribution in [0.2, 0.25) is 0 Å². The van der Waals surface area contributed by atoms with Gasteiger partial charge in [0.1, 0.15) is 5.75 Å². The molecule has 0 heterocycles. The maximum absolute atomic E-state index is 10.8. The van der Waals surface area contributed by atoms with E-state index in [1.165, 1.54) is 17.8 Å². The lowest BCUT2D eigenvalue weighted by Crippen LogP contribution is -1.93. The van der Waals surface area contributed by atoms with E-state index < -0.39 is 0 Å². The SMILES string of the molecule is O=[N+]([O-])c1ccccc1CSc1ccccc1O. The first-order valence-electron chi connectivity index (χ1n) is 5.31. The van der Waals surface area contributed by atoms with Crippen LogP contribution in [0, 0.1) is 10.1 Å². The molecule has 0 aliphatic heterocycles. The molecule has 2 rings (SSSR count). The van der Waals surface area contributed by atoms with E-state index in [9.17, 15) is 15.2 Å². The molecule has 0 saturated heterocycles. The summed E-state index contributed by atoms with van der Waals surface area (Å²) in [5, 5.41) is 20.5. The summed E-state index contributed by atoms with van der Waals surface area (Å²) >= 11 is 1.38. The Balaban J connectivity index is 2.16. The Morgan fingerprint density at radius 2 is 1.78 bits per heavy atom. The highest BCUT2D eigenvalue weighted by Crippen LogP contribution is 2.32. The highest BCUT2D eigenvalue weighted by molar-refractivity contribution is 7.98. The third-order valence-electron chi connectivity index (χ3n) is 2.44. The molecule has 0 saturated carbocycles. The van der Waals surface area contributed by atoms with Crippen molar-refractivity contribution in [2.45, 2.75) is 10.6 Å². The van der Waals surface area contributed by atoms with Gasteiger partial charge in [0, 0.05) is 22.3 Å². The number of nitro groups is 1. The average Bonchev–Trinajstić information content (AvgIpc) is 2.38. The number of para-hydroxylation sites is 2. The second kappa shape index (κ2) is 5.55. The zero-order valence-electron chi connectivity index (χ0n) is 9.45. The second-order valence-electron chi connectivity index (χ2n) is 3.64. The van der Waals surface area contributed by atoms with Crippen molar-refractivity contribution in [3.8, 4) is 5.75 Å². The van der Waals surface area contributed by atoms with Gasteiger partial charge in [-0.05, 0) is 12.1 Å². The molecule has 2 aromatic rings. The van der Waals surface area contributed by atoms with Crippen molar-refractivity contribution in [1.29, 1.82) is 0 Å². The van der Waals surface area contributed by atoms with Gasteiger partial charge in [0.25, 0.3) is 5.69 Å². The Labute approximate surface area is 108 Å². The summed E-state index contributed by atoms with van der Waals surface area (Å²) in [5.74, 6) is 0.649. The van der Waals surface area contributed by atoms with E-state index in [1.807, 2.05) is 6.07 Å². The molecule has 4 nitrogen and oxygen atoms in total. The monoisotopic (exact) mass is 261 g/mol. The highest BCUT2D eigenvalue weighted by atomic mass is 32.2. The summed E-state index contributed by atoms with van der Waals surface area (Å²) in [5.41, 5.74) is 0.760. The zero-order chi connectivity index (χ0) is 13.0. The number of rotatable bonds is 4. The van der Waals surface area contributed by atoms with Crippen LogP contribution >= 0.6 is 11.8 Å². The lowest BCUT2D eigenvalue weighted by molar-refractivity contribution is -0.385. The average molecular weight is 261 g/mol. The second-order valence-corrected chi connectivity index (χ2v) is 4.66. The standard InChI is InChI=1S/C13H11NO3S/c15-12-7-3-4-8-13(12)18-9-10-5-1-2-6-11(10)14(16)17/h1-8,15H,9H2. The van der Waals surface area contributed by atoms with Gasteiger partial charge < -0.3 is 5.11 Å². The van der Waals surface area contributed by atoms with Gasteiger partial charge in [0.05, 0.1) is 4.92 Å². The van der Waals surface area contributed by atoms with E-state index in [-0.39, 0.29) is 16.4 Å². The molecule has 0 spiro atoms. The minimum absolute atomic E-state index is 0.112. The topological polar surface area (TPSA) is 63.4 Å². The predicted molar refractivity (Wildman–Crippen MR) is 70.8 cm³/mol. The Hall–Kier alpha value is -2.01. The molecule has 92 valence electrons. The van der Waals surface area contributed by atoms with Crippen molar-refractivity contribution in [2.75, 3.05) is 0 Å². The van der Waals surface area contributed by atoms with E-state index in [4.69, 9.17) is 0 Å². The van der Waals surface area contributed by atoms with E-state index >= 15 is 0 Å². The van der Waals surface area contributed by atoms with Gasteiger partial charge in [-0.25, -0.2) is 0 Å². The molecule has 0 unspecified atom stereocenters. The Morgan fingerprint density at radius 1 is 1.11 bits per heavy atom. The van der Waals surface area contributed by atoms with Gasteiger partial charge >= 0.3 is 0 Å². The number of hydrogen-bond donors (Lipinski definition) is 1. The first kappa shape index (κ1) is 12.4. The number of benzene rings is 2. The lowest BCUT2D eigenvalue weighted by atomic mass is 10.2. The quantitative estimate of drug-likeness (QED) is 0.519. The third kappa shape index (κ3) is 2.81. The van der Waals surface area contributed by atoms with Crippen LogP contribution in [0.5, 0.6) is 5.75 Å². The summed E-state index contributed by atoms with van der Waals surface area (Å²) in [6.07, 6.45) is 0. The van der Waals surface area contributed by atoms with E-state index in [2.05, 4.69) is 0 Å². The number of phenols is 1. The molecular weight excluding hydrogens is 250 g/mol. The smallest absolute Gasteiger partial charge is 0.273 e. The van der Waals surface area contributed by atoms with Gasteiger partial charge in [-0.1, -0.05) is 30.3 Å². The van der Waals surface area contributed by atoms with Crippen LogP contribution in [0.1, 0.15) is 5.56 Å². The van der Waals surface area contributed by atoms with Crippen molar-refractivity contribution >= 4 is 17.4 Å². The number of aromatic hydroxyl groups is 1. The maximum Gasteiger partial charge on any atom is 0.273 e. The van der Waals surface area contributed by atoms with Crippen LogP contribution in [0.4, 0.5) is 5.69 Å². The van der Waals surface area contributed by atoms with Crippen LogP contribution in [-0.2, 0) is 5.75 Å². The first-order chi connectivity index (χ1) is 8.68. The molecule has 0 radical (unpaired) electrons. The van der Waals surface area contributed by atoms with Crippen molar-refractivity contribution in [2.24, 2.45) is 0 Å². The van der Waals surface area contributed by atoms with Gasteiger partial charge in [0.2, 0.25) is 0 Å². The predicted octanol–water partition coefficient (Wildman–Crippen LogP) is 3.59. The van der Waals surface area contributed by atoms with E-state index in [0.29, 0.717) is 11.3 Å². The minimum atomic E-state index is -0.388. The fraction of sp³-hybridized carbons (Fsp3) is 0.0769. The number of thioether (sulfide) groups is 1. The van der Waals surface area contributed by atoms with Crippen molar-refractivity contribution in [1.82, 2.24) is 0 Å². The van der Waals surface area contributed by atoms with Crippen LogP contribution in [0.3, 0.4) is 0 Å². The van der Waals surface area contributed by atoms with E-state index in [1.54, 1.807) is 36.4 Å². The van der Waals surface area contributed by atoms with Crippen molar-refractivity contribution in [3.63, 3.8) is 0 Å². The first-order valence-corrected chi connectivity index (χ1v) is 6.30. The molecule has 2 aromatic carbocycles. The van der Waals surface area contributed by atoms with Gasteiger partial charge in [-0.3, -0.25) is 10.1 Å². The van der Waals surface area contributed by atoms with Gasteiger partial charge in [-0.15, -0.1) is 11.8 Å². The summed E-state index contributed by atoms with van der Waals surface area (Å²) in [4.78, 5) is 11.2. The maximum atomic E-state index is 10.8. The molecule has 0 fully saturated rings. The molecular formula is C13H11NO3S. The minimum Gasteiger partial charge on any atom is -0.507 e. The summed E-state index contributed by atoms with van der Waals surface area (Å²) in [6.45, 7) is 0. The van der Waals surface area contributed by atoms with Crippen LogP contribution < -0.4 is 0 Å². The normalized spacial score (nSPS) is 10.2. The molecule has 0 bridgehead atoms. The van der Waals surface area contributed by atoms with Crippen LogP contribution in [0.25, 0.3) is 0 Å². The molecule has 5 heteroatoms. The number of nitro benzene ring substituents is 1. The molecule has 1 N–H and O–H groups in total. The number of phenolic OH excluding ortho intramolecular Hbond substituents is 1. The molecule has 0 amide bonds. The van der Waals surface area contributed by atoms with Crippen LogP contribution in [-0.4, -0.2) is 10.0 Å². The van der Waals surface area contributed by atoms with Gasteiger partial charge in [-0.2, -0.15) is 0 Å². The zero-order valence-corrected chi connectivity index (χ0v) is 10.3. The molecule has 0 aliphatic carbocycles. The fourth-order valence-corrected chi connectivity index (χ4v) is 2.49.